The molecule has 0 saturated heterocycles. The van der Waals surface area contributed by atoms with E-state index in [1.807, 2.05) is 25.3 Å². The molecule has 0 amide bonds. The van der Waals surface area contributed by atoms with Crippen molar-refractivity contribution in [3.8, 4) is 11.5 Å². The molecular formula is C15H18FN3O2S. The Kier molecular flexibility index (Phi) is 5.43. The summed E-state index contributed by atoms with van der Waals surface area (Å²) in [5.74, 6) is 1.06. The number of aromatic nitrogens is 2. The Labute approximate surface area is 133 Å². The van der Waals surface area contributed by atoms with Crippen LogP contribution in [0.3, 0.4) is 0 Å². The van der Waals surface area contributed by atoms with Crippen LogP contribution >= 0.6 is 11.8 Å². The molecule has 0 bridgehead atoms. The third-order valence-corrected chi connectivity index (χ3v) is 3.82. The van der Waals surface area contributed by atoms with Crippen LogP contribution in [0.5, 0.6) is 11.5 Å². The maximum Gasteiger partial charge on any atom is 0.163 e. The Morgan fingerprint density at radius 2 is 1.82 bits per heavy atom. The summed E-state index contributed by atoms with van der Waals surface area (Å²) < 4.78 is 24.5. The highest BCUT2D eigenvalue weighted by Gasteiger charge is 2.16. The van der Waals surface area contributed by atoms with Gasteiger partial charge in [0.25, 0.3) is 0 Å². The molecule has 1 aromatic carbocycles. The molecule has 22 heavy (non-hydrogen) atoms. The molecule has 7 heteroatoms. The van der Waals surface area contributed by atoms with Gasteiger partial charge in [-0.3, -0.25) is 0 Å². The van der Waals surface area contributed by atoms with Crippen LogP contribution in [0.15, 0.2) is 29.3 Å². The number of ether oxygens (including phenoxy) is 2. The monoisotopic (exact) mass is 323 g/mol. The van der Waals surface area contributed by atoms with Crippen molar-refractivity contribution in [2.75, 3.05) is 25.8 Å². The highest BCUT2D eigenvalue weighted by atomic mass is 32.2. The summed E-state index contributed by atoms with van der Waals surface area (Å²) in [7, 11) is 2.99. The normalized spacial score (nSPS) is 11.9. The second-order valence-electron chi connectivity index (χ2n) is 4.56. The lowest BCUT2D eigenvalue weighted by molar-refractivity contribution is 0.351. The Bertz CT molecular complexity index is 637. The summed E-state index contributed by atoms with van der Waals surface area (Å²) >= 11 is 1.51. The van der Waals surface area contributed by atoms with E-state index in [1.165, 1.54) is 32.0 Å². The Morgan fingerprint density at radius 3 is 2.36 bits per heavy atom. The van der Waals surface area contributed by atoms with Gasteiger partial charge in [0, 0.05) is 11.6 Å². The topological polar surface area (TPSA) is 56.3 Å². The van der Waals surface area contributed by atoms with Crippen LogP contribution in [0.2, 0.25) is 0 Å². The standard InChI is InChI=1S/C15H18FN3O2S/c1-9(17-14-5-6-15(22-4)19-18-14)10-7-12(20-2)13(21-3)8-11(10)16/h5-9H,1-4H3,(H,17,18). The van der Waals surface area contributed by atoms with Gasteiger partial charge in [0.2, 0.25) is 0 Å². The predicted molar refractivity (Wildman–Crippen MR) is 85.4 cm³/mol. The van der Waals surface area contributed by atoms with Gasteiger partial charge in [0.05, 0.1) is 20.3 Å². The fourth-order valence-corrected chi connectivity index (χ4v) is 2.33. The zero-order chi connectivity index (χ0) is 16.1. The summed E-state index contributed by atoms with van der Waals surface area (Å²) in [5.41, 5.74) is 0.466. The van der Waals surface area contributed by atoms with Crippen LogP contribution in [0, 0.1) is 5.82 Å². The minimum Gasteiger partial charge on any atom is -0.493 e. The van der Waals surface area contributed by atoms with E-state index < -0.39 is 0 Å². The molecule has 2 aromatic rings. The third-order valence-electron chi connectivity index (χ3n) is 3.18. The van der Waals surface area contributed by atoms with Crippen molar-refractivity contribution in [1.82, 2.24) is 10.2 Å². The fraction of sp³-hybridized carbons (Fsp3) is 0.333. The first-order valence-corrected chi connectivity index (χ1v) is 7.87. The second-order valence-corrected chi connectivity index (χ2v) is 5.38. The first-order valence-electron chi connectivity index (χ1n) is 6.64. The molecule has 0 radical (unpaired) electrons. The van der Waals surface area contributed by atoms with Crippen molar-refractivity contribution < 1.29 is 13.9 Å². The van der Waals surface area contributed by atoms with E-state index in [9.17, 15) is 4.39 Å². The van der Waals surface area contributed by atoms with Crippen LogP contribution in [0.1, 0.15) is 18.5 Å². The number of hydrogen-bond donors (Lipinski definition) is 1. The number of nitrogens with one attached hydrogen (secondary N) is 1. The van der Waals surface area contributed by atoms with Crippen molar-refractivity contribution in [3.63, 3.8) is 0 Å². The molecule has 1 heterocycles. The average molecular weight is 323 g/mol. The van der Waals surface area contributed by atoms with E-state index in [1.54, 1.807) is 6.07 Å². The zero-order valence-electron chi connectivity index (χ0n) is 12.9. The number of anilines is 1. The van der Waals surface area contributed by atoms with Gasteiger partial charge in [-0.25, -0.2) is 4.39 Å². The summed E-state index contributed by atoms with van der Waals surface area (Å²) in [6.45, 7) is 1.84. The molecule has 0 aliphatic heterocycles. The predicted octanol–water partition coefficient (Wildman–Crippen LogP) is 3.53. The van der Waals surface area contributed by atoms with Gasteiger partial charge >= 0.3 is 0 Å². The molecule has 1 atom stereocenters. The van der Waals surface area contributed by atoms with Crippen molar-refractivity contribution in [3.05, 3.63) is 35.6 Å². The molecule has 1 aromatic heterocycles. The Balaban J connectivity index is 2.22. The number of rotatable bonds is 6. The highest BCUT2D eigenvalue weighted by Crippen LogP contribution is 2.33. The van der Waals surface area contributed by atoms with Crippen LogP contribution in [0.4, 0.5) is 10.2 Å². The van der Waals surface area contributed by atoms with E-state index in [0.717, 1.165) is 5.03 Å². The fourth-order valence-electron chi connectivity index (χ4n) is 2.01. The maximum atomic E-state index is 14.2. The van der Waals surface area contributed by atoms with Crippen molar-refractivity contribution in [2.45, 2.75) is 18.0 Å². The van der Waals surface area contributed by atoms with Crippen LogP contribution in [-0.4, -0.2) is 30.7 Å². The van der Waals surface area contributed by atoms with Crippen molar-refractivity contribution in [2.24, 2.45) is 0 Å². The number of nitrogens with zero attached hydrogens (tertiary/aromatic N) is 2. The average Bonchev–Trinajstić information content (AvgIpc) is 2.55. The lowest BCUT2D eigenvalue weighted by atomic mass is 10.1. The highest BCUT2D eigenvalue weighted by molar-refractivity contribution is 7.98. The van der Waals surface area contributed by atoms with Gasteiger partial charge < -0.3 is 14.8 Å². The molecule has 0 spiro atoms. The molecule has 2 rings (SSSR count). The van der Waals surface area contributed by atoms with Gasteiger partial charge in [-0.1, -0.05) is 0 Å². The SMILES string of the molecule is COc1cc(F)c(C(C)Nc2ccc(SC)nn2)cc1OC. The summed E-state index contributed by atoms with van der Waals surface area (Å²) in [6.07, 6.45) is 1.93. The summed E-state index contributed by atoms with van der Waals surface area (Å²) in [5, 5.41) is 12.0. The molecule has 118 valence electrons. The second kappa shape index (κ2) is 7.31. The van der Waals surface area contributed by atoms with Gasteiger partial charge in [-0.2, -0.15) is 0 Å². The number of methoxy groups -OCH3 is 2. The number of hydrogen-bond acceptors (Lipinski definition) is 6. The van der Waals surface area contributed by atoms with Gasteiger partial charge in [0.1, 0.15) is 16.7 Å². The van der Waals surface area contributed by atoms with Crippen LogP contribution in [-0.2, 0) is 0 Å². The van der Waals surface area contributed by atoms with E-state index in [-0.39, 0.29) is 11.9 Å². The largest absolute Gasteiger partial charge is 0.493 e. The lowest BCUT2D eigenvalue weighted by Crippen LogP contribution is -2.11. The first kappa shape index (κ1) is 16.4. The van der Waals surface area contributed by atoms with E-state index >= 15 is 0 Å². The first-order chi connectivity index (χ1) is 10.6. The van der Waals surface area contributed by atoms with Crippen molar-refractivity contribution in [1.29, 1.82) is 0 Å². The third kappa shape index (κ3) is 3.59. The molecule has 0 aliphatic carbocycles. The van der Waals surface area contributed by atoms with Gasteiger partial charge in [-0.05, 0) is 31.4 Å². The van der Waals surface area contributed by atoms with Crippen LogP contribution < -0.4 is 14.8 Å². The molecule has 1 N–H and O–H groups in total. The Morgan fingerprint density at radius 1 is 1.14 bits per heavy atom. The molecular weight excluding hydrogens is 305 g/mol. The molecule has 5 nitrogen and oxygen atoms in total. The minimum atomic E-state index is -0.369. The number of thioether (sulfide) groups is 1. The molecule has 0 saturated carbocycles. The zero-order valence-corrected chi connectivity index (χ0v) is 13.7. The molecule has 0 aliphatic rings. The van der Waals surface area contributed by atoms with E-state index in [2.05, 4.69) is 15.5 Å². The molecule has 1 unspecified atom stereocenters. The maximum absolute atomic E-state index is 14.2. The van der Waals surface area contributed by atoms with E-state index in [4.69, 9.17) is 9.47 Å². The van der Waals surface area contributed by atoms with E-state index in [0.29, 0.717) is 22.9 Å². The smallest absolute Gasteiger partial charge is 0.163 e. The quantitative estimate of drug-likeness (QED) is 0.821. The van der Waals surface area contributed by atoms with Crippen molar-refractivity contribution >= 4 is 17.6 Å². The van der Waals surface area contributed by atoms with Gasteiger partial charge in [-0.15, -0.1) is 22.0 Å². The number of halogens is 1. The number of benzene rings is 1. The molecule has 0 fully saturated rings. The Hall–Kier alpha value is -2.02. The van der Waals surface area contributed by atoms with Gasteiger partial charge in [0.15, 0.2) is 11.5 Å². The minimum absolute atomic E-state index is 0.297. The summed E-state index contributed by atoms with van der Waals surface area (Å²) in [6, 6.07) is 6.31. The lowest BCUT2D eigenvalue weighted by Gasteiger charge is -2.17. The summed E-state index contributed by atoms with van der Waals surface area (Å²) in [4.78, 5) is 0. The van der Waals surface area contributed by atoms with Crippen LogP contribution in [0.25, 0.3) is 0 Å².